The van der Waals surface area contributed by atoms with Gasteiger partial charge in [-0.3, -0.25) is 0 Å². The Balaban J connectivity index is 0.000000960. The van der Waals surface area contributed by atoms with Crippen molar-refractivity contribution in [3.8, 4) is 0 Å². The third-order valence-electron chi connectivity index (χ3n) is 4.31. The molecule has 0 spiro atoms. The fourth-order valence-corrected chi connectivity index (χ4v) is 3.24. The van der Waals surface area contributed by atoms with E-state index in [9.17, 15) is 0 Å². The molecule has 0 N–H and O–H groups in total. The summed E-state index contributed by atoms with van der Waals surface area (Å²) in [7, 11) is 0. The Labute approximate surface area is 164 Å². The van der Waals surface area contributed by atoms with E-state index in [4.69, 9.17) is 0 Å². The summed E-state index contributed by atoms with van der Waals surface area (Å²) in [5.74, 6) is 0. The Bertz CT molecular complexity index is 1020. The Morgan fingerprint density at radius 3 is 2.25 bits per heavy atom. The molecule has 0 nitrogen and oxygen atoms in total. The molecule has 0 unspecified atom stereocenters. The fourth-order valence-electron chi connectivity index (χ4n) is 3.24. The third kappa shape index (κ3) is 3.20. The van der Waals surface area contributed by atoms with Crippen LogP contribution in [-0.4, -0.2) is 0 Å². The molecule has 2 aliphatic rings. The van der Waals surface area contributed by atoms with Crippen LogP contribution in [0.25, 0.3) is 11.1 Å². The van der Waals surface area contributed by atoms with Gasteiger partial charge in [0.2, 0.25) is 0 Å². The van der Waals surface area contributed by atoms with Crippen molar-refractivity contribution in [2.75, 3.05) is 0 Å². The summed E-state index contributed by atoms with van der Waals surface area (Å²) in [5, 5.41) is 5.22. The predicted molar refractivity (Wildman–Crippen MR) is 101 cm³/mol. The molecule has 0 saturated carbocycles. The van der Waals surface area contributed by atoms with Crippen LogP contribution in [0.4, 0.5) is 0 Å². The van der Waals surface area contributed by atoms with Crippen LogP contribution in [0.5, 0.6) is 0 Å². The molecule has 1 radical (unpaired) electrons. The Kier molecular flexibility index (Phi) is 6.93. The van der Waals surface area contributed by atoms with E-state index in [1.54, 1.807) is 0 Å². The van der Waals surface area contributed by atoms with Crippen molar-refractivity contribution in [3.63, 3.8) is 0 Å². The molecule has 0 saturated heterocycles. The van der Waals surface area contributed by atoms with E-state index < -0.39 is 0 Å². The van der Waals surface area contributed by atoms with Gasteiger partial charge in [0.1, 0.15) is 0 Å². The van der Waals surface area contributed by atoms with Crippen LogP contribution in [-0.2, 0) is 26.2 Å². The summed E-state index contributed by atoms with van der Waals surface area (Å²) >= 11 is 0. The molecule has 119 valence electrons. The zero-order chi connectivity index (χ0) is 14.4. The molecule has 2 aromatic rings. The number of allylic oxidation sites excluding steroid dienone is 4. The third-order valence-corrected chi connectivity index (χ3v) is 4.31. The average Bonchev–Trinajstić information content (AvgIpc) is 3.11. The van der Waals surface area contributed by atoms with E-state index in [0.717, 1.165) is 6.42 Å². The molecule has 0 atom stereocenters. The maximum absolute atomic E-state index is 3.66. The van der Waals surface area contributed by atoms with Crippen molar-refractivity contribution in [3.05, 3.63) is 108 Å². The molecule has 4 rings (SSSR count). The number of fused-ring (bicyclic) bond motifs is 2. The van der Waals surface area contributed by atoms with Crippen LogP contribution < -0.4 is 10.4 Å². The number of hydrogen-bond donors (Lipinski definition) is 0. The van der Waals surface area contributed by atoms with Gasteiger partial charge in [-0.2, -0.15) is 0 Å². The molecule has 24 heavy (non-hydrogen) atoms. The van der Waals surface area contributed by atoms with Gasteiger partial charge < -0.3 is 14.9 Å². The van der Waals surface area contributed by atoms with Crippen LogP contribution in [0.1, 0.15) is 25.8 Å². The van der Waals surface area contributed by atoms with Crippen LogP contribution in [0.2, 0.25) is 0 Å². The summed E-state index contributed by atoms with van der Waals surface area (Å²) < 4.78 is 0. The van der Waals surface area contributed by atoms with Crippen molar-refractivity contribution in [2.24, 2.45) is 0 Å². The van der Waals surface area contributed by atoms with Crippen molar-refractivity contribution >= 4 is 11.1 Å². The van der Waals surface area contributed by atoms with Gasteiger partial charge in [-0.25, -0.2) is 0 Å². The first-order chi connectivity index (χ1) is 10.3. The standard InChI is InChI=1S/C21H17.2CH3.Zr/c1-14(2)16-11-12-18-17-9-5-6-10-19(17)21(20(18)13-16)15-7-3-4-8-15;;;/h3-7,9-12H,8H2,1-2H3;2*1H3;/q3*-1;+3. The second-order valence-corrected chi connectivity index (χ2v) is 5.91. The maximum Gasteiger partial charge on any atom is 3.00 e. The minimum atomic E-state index is 0. The Morgan fingerprint density at radius 1 is 0.917 bits per heavy atom. The van der Waals surface area contributed by atoms with Crippen LogP contribution in [0, 0.1) is 31.4 Å². The SMILES string of the molecule is CC(C)=c1[c-]c2c(cc1)=c1ccccc1=C2C1=CC=CC1.[CH3-].[CH3-].[Zr+3]. The molecule has 1 heteroatoms. The summed E-state index contributed by atoms with van der Waals surface area (Å²) in [5.41, 5.74) is 5.36. The van der Waals surface area contributed by atoms with E-state index in [-0.39, 0.29) is 41.1 Å². The van der Waals surface area contributed by atoms with Gasteiger partial charge in [-0.1, -0.05) is 83.1 Å². The molecule has 0 aliphatic heterocycles. The predicted octanol–water partition coefficient (Wildman–Crippen LogP) is 4.26. The molecular formula is C23H23Zr. The normalized spacial score (nSPS) is 13.1. The van der Waals surface area contributed by atoms with Gasteiger partial charge in [0.25, 0.3) is 0 Å². The zero-order valence-electron chi connectivity index (χ0n) is 14.9. The molecular weight excluding hydrogens is 367 g/mol. The maximum atomic E-state index is 3.66. The summed E-state index contributed by atoms with van der Waals surface area (Å²) in [6.07, 6.45) is 7.65. The summed E-state index contributed by atoms with van der Waals surface area (Å²) in [4.78, 5) is 0. The largest absolute Gasteiger partial charge is 3.00 e. The number of hydrogen-bond acceptors (Lipinski definition) is 0. The van der Waals surface area contributed by atoms with Gasteiger partial charge >= 0.3 is 26.2 Å². The first kappa shape index (κ1) is 20.6. The van der Waals surface area contributed by atoms with Crippen LogP contribution in [0.3, 0.4) is 0 Å². The van der Waals surface area contributed by atoms with E-state index >= 15 is 0 Å². The molecule has 2 aliphatic carbocycles. The topological polar surface area (TPSA) is 0 Å². The molecule has 0 fully saturated rings. The van der Waals surface area contributed by atoms with Crippen molar-refractivity contribution in [2.45, 2.75) is 20.3 Å². The minimum absolute atomic E-state index is 0. The molecule has 0 amide bonds. The van der Waals surface area contributed by atoms with Crippen molar-refractivity contribution in [1.29, 1.82) is 0 Å². The summed E-state index contributed by atoms with van der Waals surface area (Å²) in [6.45, 7) is 4.30. The van der Waals surface area contributed by atoms with Gasteiger partial charge in [0.15, 0.2) is 0 Å². The van der Waals surface area contributed by atoms with E-state index in [1.165, 1.54) is 43.2 Å². The molecule has 2 aromatic carbocycles. The molecule has 0 bridgehead atoms. The van der Waals surface area contributed by atoms with Crippen LogP contribution in [0.15, 0.2) is 60.2 Å². The van der Waals surface area contributed by atoms with E-state index in [2.05, 4.69) is 74.5 Å². The minimum Gasteiger partial charge on any atom is -0.358 e. The fraction of sp³-hybridized carbons (Fsp3) is 0.130. The second kappa shape index (κ2) is 8.08. The van der Waals surface area contributed by atoms with Crippen LogP contribution >= 0.6 is 0 Å². The smallest absolute Gasteiger partial charge is 0.358 e. The number of benzene rings is 2. The zero-order valence-corrected chi connectivity index (χ0v) is 17.4. The Morgan fingerprint density at radius 2 is 1.62 bits per heavy atom. The second-order valence-electron chi connectivity index (χ2n) is 5.91. The van der Waals surface area contributed by atoms with Crippen molar-refractivity contribution < 1.29 is 26.2 Å². The average molecular weight is 391 g/mol. The molecule has 0 heterocycles. The van der Waals surface area contributed by atoms with E-state index in [1.807, 2.05) is 0 Å². The monoisotopic (exact) mass is 389 g/mol. The number of rotatable bonds is 1. The first-order valence-electron chi connectivity index (χ1n) is 7.46. The van der Waals surface area contributed by atoms with Crippen molar-refractivity contribution in [1.82, 2.24) is 0 Å². The van der Waals surface area contributed by atoms with E-state index in [0.29, 0.717) is 0 Å². The van der Waals surface area contributed by atoms with Gasteiger partial charge in [0.05, 0.1) is 0 Å². The Hall–Kier alpha value is -1.46. The van der Waals surface area contributed by atoms with Gasteiger partial charge in [0, 0.05) is 0 Å². The first-order valence-corrected chi connectivity index (χ1v) is 7.46. The summed E-state index contributed by atoms with van der Waals surface area (Å²) in [6, 6.07) is 16.8. The quantitative estimate of drug-likeness (QED) is 0.638. The van der Waals surface area contributed by atoms with Gasteiger partial charge in [-0.15, -0.1) is 34.6 Å². The van der Waals surface area contributed by atoms with Gasteiger partial charge in [-0.05, 0) is 6.42 Å². The molecule has 0 aromatic heterocycles.